The molecular formula is C17H20NO2P. The van der Waals surface area contributed by atoms with Crippen molar-refractivity contribution in [3.05, 3.63) is 48.3 Å². The van der Waals surface area contributed by atoms with Gasteiger partial charge in [-0.2, -0.15) is 0 Å². The van der Waals surface area contributed by atoms with Gasteiger partial charge in [-0.25, -0.2) is 0 Å². The number of methoxy groups -OCH3 is 1. The third kappa shape index (κ3) is 2.51. The molecule has 0 N–H and O–H groups in total. The van der Waals surface area contributed by atoms with E-state index in [1.165, 1.54) is 5.30 Å². The molecule has 1 unspecified atom stereocenters. The van der Waals surface area contributed by atoms with Crippen LogP contribution in [-0.2, 0) is 0 Å². The highest BCUT2D eigenvalue weighted by Crippen LogP contribution is 2.65. The third-order valence-corrected chi connectivity index (χ3v) is 6.77. The van der Waals surface area contributed by atoms with Crippen LogP contribution in [0.3, 0.4) is 0 Å². The van der Waals surface area contributed by atoms with Gasteiger partial charge in [-0.1, -0.05) is 32.9 Å². The van der Waals surface area contributed by atoms with E-state index < -0.39 is 7.92 Å². The van der Waals surface area contributed by atoms with Gasteiger partial charge in [0.15, 0.2) is 5.85 Å². The number of benzene rings is 1. The Kier molecular flexibility index (Phi) is 3.62. The summed E-state index contributed by atoms with van der Waals surface area (Å²) in [4.78, 5) is 4.51. The number of nitrogens with zero attached hydrogens (tertiary/aromatic N) is 1. The largest absolute Gasteiger partial charge is 0.496 e. The number of rotatable bonds is 2. The highest BCUT2D eigenvalue weighted by atomic mass is 31.1. The molecule has 3 nitrogen and oxygen atoms in total. The molecule has 0 saturated carbocycles. The van der Waals surface area contributed by atoms with E-state index in [1.807, 2.05) is 42.6 Å². The number of pyridine rings is 1. The van der Waals surface area contributed by atoms with Crippen LogP contribution in [-0.4, -0.2) is 17.2 Å². The topological polar surface area (TPSA) is 31.4 Å². The van der Waals surface area contributed by atoms with Gasteiger partial charge in [0.05, 0.1) is 18.1 Å². The van der Waals surface area contributed by atoms with Crippen molar-refractivity contribution in [3.8, 4) is 11.5 Å². The number of hydrogen-bond acceptors (Lipinski definition) is 3. The van der Waals surface area contributed by atoms with Crippen molar-refractivity contribution < 1.29 is 9.47 Å². The minimum Gasteiger partial charge on any atom is -0.496 e. The van der Waals surface area contributed by atoms with Gasteiger partial charge in [0, 0.05) is 6.20 Å². The first-order valence-corrected chi connectivity index (χ1v) is 8.47. The second-order valence-corrected chi connectivity index (χ2v) is 9.07. The monoisotopic (exact) mass is 301 g/mol. The maximum atomic E-state index is 6.26. The van der Waals surface area contributed by atoms with Crippen molar-refractivity contribution in [3.63, 3.8) is 0 Å². The van der Waals surface area contributed by atoms with Gasteiger partial charge < -0.3 is 9.47 Å². The molecule has 0 fully saturated rings. The van der Waals surface area contributed by atoms with Gasteiger partial charge >= 0.3 is 0 Å². The third-order valence-electron chi connectivity index (χ3n) is 3.56. The molecule has 1 aromatic carbocycles. The lowest BCUT2D eigenvalue weighted by atomic mass is 10.3. The lowest BCUT2D eigenvalue weighted by molar-refractivity contribution is 0.294. The van der Waals surface area contributed by atoms with Crippen LogP contribution in [0.1, 0.15) is 32.3 Å². The zero-order valence-corrected chi connectivity index (χ0v) is 13.7. The van der Waals surface area contributed by atoms with E-state index in [0.717, 1.165) is 17.2 Å². The van der Waals surface area contributed by atoms with Crippen molar-refractivity contribution in [1.29, 1.82) is 0 Å². The Morgan fingerprint density at radius 1 is 1.14 bits per heavy atom. The summed E-state index contributed by atoms with van der Waals surface area (Å²) in [5.74, 6) is 1.85. The van der Waals surface area contributed by atoms with Crippen molar-refractivity contribution in [2.24, 2.45) is 0 Å². The summed E-state index contributed by atoms with van der Waals surface area (Å²) in [5.41, 5.74) is 0.997. The Balaban J connectivity index is 2.14. The molecule has 0 radical (unpaired) electrons. The van der Waals surface area contributed by atoms with Crippen LogP contribution >= 0.6 is 7.92 Å². The highest BCUT2D eigenvalue weighted by molar-refractivity contribution is 7.68. The van der Waals surface area contributed by atoms with E-state index >= 15 is 0 Å². The average molecular weight is 301 g/mol. The van der Waals surface area contributed by atoms with E-state index in [0.29, 0.717) is 0 Å². The molecule has 2 heterocycles. The fraction of sp³-hybridized carbons (Fsp3) is 0.353. The summed E-state index contributed by atoms with van der Waals surface area (Å²) in [5, 5.41) is 1.33. The van der Waals surface area contributed by atoms with Gasteiger partial charge in [0.1, 0.15) is 11.5 Å². The zero-order valence-electron chi connectivity index (χ0n) is 12.8. The van der Waals surface area contributed by atoms with Gasteiger partial charge in [0.25, 0.3) is 0 Å². The second-order valence-electron chi connectivity index (χ2n) is 6.07. The minimum absolute atomic E-state index is 0.00694. The van der Waals surface area contributed by atoms with E-state index in [4.69, 9.17) is 9.47 Å². The molecule has 1 aromatic heterocycles. The van der Waals surface area contributed by atoms with Crippen LogP contribution in [0.25, 0.3) is 0 Å². The lowest BCUT2D eigenvalue weighted by Crippen LogP contribution is -2.21. The Morgan fingerprint density at radius 2 is 1.95 bits per heavy atom. The average Bonchev–Trinajstić information content (AvgIpc) is 2.87. The molecule has 0 aliphatic carbocycles. The minimum atomic E-state index is -0.578. The molecular weight excluding hydrogens is 281 g/mol. The smallest absolute Gasteiger partial charge is 0.163 e. The van der Waals surface area contributed by atoms with Crippen molar-refractivity contribution >= 4 is 13.2 Å². The van der Waals surface area contributed by atoms with Gasteiger partial charge in [-0.15, -0.1) is 0 Å². The summed E-state index contributed by atoms with van der Waals surface area (Å²) in [6.07, 6.45) is 1.83. The molecule has 0 saturated heterocycles. The molecule has 1 aliphatic heterocycles. The molecule has 2 atom stereocenters. The van der Waals surface area contributed by atoms with E-state index in [1.54, 1.807) is 7.11 Å². The maximum absolute atomic E-state index is 6.26. The summed E-state index contributed by atoms with van der Waals surface area (Å²) >= 11 is 0. The van der Waals surface area contributed by atoms with Crippen LogP contribution in [0.5, 0.6) is 11.5 Å². The van der Waals surface area contributed by atoms with E-state index in [9.17, 15) is 0 Å². The fourth-order valence-corrected chi connectivity index (χ4v) is 5.70. The quantitative estimate of drug-likeness (QED) is 0.783. The molecule has 21 heavy (non-hydrogen) atoms. The number of ether oxygens (including phenoxy) is 2. The molecule has 3 rings (SSSR count). The van der Waals surface area contributed by atoms with Crippen LogP contribution in [0.15, 0.2) is 42.6 Å². The Morgan fingerprint density at radius 3 is 2.57 bits per heavy atom. The highest BCUT2D eigenvalue weighted by Gasteiger charge is 2.44. The summed E-state index contributed by atoms with van der Waals surface area (Å²) in [6, 6.07) is 12.0. The van der Waals surface area contributed by atoms with Crippen LogP contribution in [0.2, 0.25) is 0 Å². The van der Waals surface area contributed by atoms with Crippen LogP contribution in [0, 0.1) is 0 Å². The molecule has 0 amide bonds. The standard InChI is InChI=1S/C17H20NO2P/c1-17(2,3)21-15-13(19-4)9-7-10-14(15)20-16(21)12-8-5-6-11-18-12/h5-11,16H,1-4H3/t16-,21?/m0/s1. The van der Waals surface area contributed by atoms with Crippen LogP contribution in [0.4, 0.5) is 0 Å². The maximum Gasteiger partial charge on any atom is 0.163 e. The van der Waals surface area contributed by atoms with E-state index in [2.05, 4.69) is 25.8 Å². The van der Waals surface area contributed by atoms with Crippen molar-refractivity contribution in [1.82, 2.24) is 4.98 Å². The first kappa shape index (κ1) is 14.3. The SMILES string of the molecule is COc1cccc2c1P(C(C)(C)C)[C@@H](c1ccccn1)O2. The Labute approximate surface area is 127 Å². The number of fused-ring (bicyclic) bond motifs is 1. The number of aromatic nitrogens is 1. The van der Waals surface area contributed by atoms with Crippen LogP contribution < -0.4 is 14.8 Å². The predicted molar refractivity (Wildman–Crippen MR) is 86.9 cm³/mol. The summed E-state index contributed by atoms with van der Waals surface area (Å²) < 4.78 is 11.8. The fourth-order valence-electron chi connectivity index (χ4n) is 2.69. The lowest BCUT2D eigenvalue weighted by Gasteiger charge is -2.31. The van der Waals surface area contributed by atoms with Gasteiger partial charge in [-0.3, -0.25) is 4.98 Å². The predicted octanol–water partition coefficient (Wildman–Crippen LogP) is 4.09. The van der Waals surface area contributed by atoms with E-state index in [-0.39, 0.29) is 11.0 Å². The first-order chi connectivity index (χ1) is 10.0. The molecule has 0 spiro atoms. The van der Waals surface area contributed by atoms with Gasteiger partial charge in [0.2, 0.25) is 0 Å². The molecule has 0 bridgehead atoms. The Bertz CT molecular complexity index is 637. The molecule has 2 aromatic rings. The van der Waals surface area contributed by atoms with Crippen molar-refractivity contribution in [2.75, 3.05) is 7.11 Å². The molecule has 4 heteroatoms. The summed E-state index contributed by atoms with van der Waals surface area (Å²) in [7, 11) is 1.14. The summed E-state index contributed by atoms with van der Waals surface area (Å²) in [6.45, 7) is 6.79. The number of hydrogen-bond donors (Lipinski definition) is 0. The molecule has 1 aliphatic rings. The van der Waals surface area contributed by atoms with Crippen molar-refractivity contribution in [2.45, 2.75) is 31.8 Å². The second kappa shape index (κ2) is 5.31. The normalized spacial score (nSPS) is 20.8. The van der Waals surface area contributed by atoms with Gasteiger partial charge in [-0.05, 0) is 37.3 Å². The first-order valence-electron chi connectivity index (χ1n) is 7.06. The zero-order chi connectivity index (χ0) is 15.0. The Hall–Kier alpha value is -1.60. The molecule has 110 valence electrons.